The quantitative estimate of drug-likeness (QED) is 0.137. The van der Waals surface area contributed by atoms with Crippen molar-refractivity contribution < 1.29 is 37.4 Å². The zero-order chi connectivity index (χ0) is 47.2. The number of hydrogen-bond donors (Lipinski definition) is 3. The smallest absolute Gasteiger partial charge is 0.305 e. The SMILES string of the molecule is CC.CC.CCC(C)C.CN[C@@H](CC(=O)O)c1cc(-c2c(C)cc(C)cc2C)cc(C)c1F.C[C@@H]1CN(CCCn2c(C(C)(F)F)ccc(C(=O)NCC=O)c2=O)C[C@H](C)O1. The number of amides is 1. The van der Waals surface area contributed by atoms with Gasteiger partial charge in [0, 0.05) is 44.7 Å². The number of aldehydes is 1. The summed E-state index contributed by atoms with van der Waals surface area (Å²) in [5.41, 5.74) is 4.88. The molecule has 0 saturated carbocycles. The summed E-state index contributed by atoms with van der Waals surface area (Å²) in [5, 5.41) is 14.3. The van der Waals surface area contributed by atoms with Gasteiger partial charge in [-0.25, -0.2) is 13.2 Å². The summed E-state index contributed by atoms with van der Waals surface area (Å²) in [4.78, 5) is 48.4. The number of carboxylic acid groups (broad SMARTS) is 1. The minimum absolute atomic E-state index is 0.0620. The molecule has 1 fully saturated rings. The number of morpholine rings is 1. The summed E-state index contributed by atoms with van der Waals surface area (Å²) in [6.07, 6.45) is 2.28. The number of pyridine rings is 1. The van der Waals surface area contributed by atoms with Crippen molar-refractivity contribution in [3.63, 3.8) is 0 Å². The van der Waals surface area contributed by atoms with Crippen molar-refractivity contribution in [1.29, 1.82) is 0 Å². The number of alkyl halides is 2. The molecule has 4 rings (SSSR count). The maximum Gasteiger partial charge on any atom is 0.305 e. The van der Waals surface area contributed by atoms with Crippen LogP contribution in [0.5, 0.6) is 0 Å². The lowest BCUT2D eigenvalue weighted by Crippen LogP contribution is -2.46. The highest BCUT2D eigenvalue weighted by molar-refractivity contribution is 5.94. The molecular weight excluding hydrogens is 786 g/mol. The predicted octanol–water partition coefficient (Wildman–Crippen LogP) is 9.95. The van der Waals surface area contributed by atoms with Crippen LogP contribution in [-0.4, -0.2) is 78.2 Å². The van der Waals surface area contributed by atoms with Crippen LogP contribution in [0.1, 0.15) is 138 Å². The number of rotatable bonds is 14. The largest absolute Gasteiger partial charge is 0.481 e. The molecule has 1 amide bonds. The van der Waals surface area contributed by atoms with Gasteiger partial charge in [-0.1, -0.05) is 72.6 Å². The molecule has 0 radical (unpaired) electrons. The molecule has 3 N–H and O–H groups in total. The van der Waals surface area contributed by atoms with Crippen LogP contribution in [0, 0.1) is 39.4 Å². The normalized spacial score (nSPS) is 15.3. The first-order chi connectivity index (χ1) is 28.6. The number of aromatic nitrogens is 1. The van der Waals surface area contributed by atoms with Gasteiger partial charge in [0.05, 0.1) is 30.9 Å². The van der Waals surface area contributed by atoms with Crippen molar-refractivity contribution in [3.05, 3.63) is 91.6 Å². The summed E-state index contributed by atoms with van der Waals surface area (Å²) in [6, 6.07) is 9.43. The fraction of sp³-hybridized carbons (Fsp3) is 0.583. The number of aliphatic carboxylic acids is 1. The molecular formula is C48H75F3N4O6. The fourth-order valence-electron chi connectivity index (χ4n) is 6.88. The maximum absolute atomic E-state index is 14.6. The number of hydrogen-bond acceptors (Lipinski definition) is 7. The van der Waals surface area contributed by atoms with Gasteiger partial charge in [0.2, 0.25) is 0 Å². The molecule has 3 aromatic rings. The van der Waals surface area contributed by atoms with E-state index in [4.69, 9.17) is 9.84 Å². The number of carboxylic acids is 1. The van der Waals surface area contributed by atoms with Crippen LogP contribution in [0.2, 0.25) is 0 Å². The maximum atomic E-state index is 14.6. The second-order valence-corrected chi connectivity index (χ2v) is 15.4. The standard InChI is InChI=1S/C20H24FNO2.C19H27F2N3O4.C5H12.2C2H6/c1-11-6-12(2)19(13(3)7-11)15-8-14(4)20(21)16(9-15)17(22-5)10-18(23)24;1-13-11-23(12-14(2)28-13)8-4-9-24-16(19(3,20)21)6-5-15(18(24)27)17(26)22-7-10-25;1-4-5(2)3;2*1-2/h6-9,17,22H,10H2,1-5H3,(H,23,24);5-6,10,13-14H,4,7-9,11-12H2,1-3H3,(H,22,26);5H,4H2,1-3H3;2*1-2H3/t17-;13-,14+;;;/m0..../s1. The van der Waals surface area contributed by atoms with Crippen molar-refractivity contribution in [2.45, 2.75) is 147 Å². The van der Waals surface area contributed by atoms with Crippen molar-refractivity contribution in [3.8, 4) is 11.1 Å². The Bertz CT molecular complexity index is 1840. The lowest BCUT2D eigenvalue weighted by atomic mass is 9.89. The molecule has 1 aliphatic heterocycles. The fourth-order valence-corrected chi connectivity index (χ4v) is 6.88. The third-order valence-corrected chi connectivity index (χ3v) is 9.73. The van der Waals surface area contributed by atoms with Gasteiger partial charge in [-0.3, -0.25) is 19.3 Å². The van der Waals surface area contributed by atoms with Gasteiger partial charge in [0.15, 0.2) is 0 Å². The minimum atomic E-state index is -3.22. The average Bonchev–Trinajstić information content (AvgIpc) is 3.18. The number of nitrogens with zero attached hydrogens (tertiary/aromatic N) is 2. The minimum Gasteiger partial charge on any atom is -0.481 e. The van der Waals surface area contributed by atoms with E-state index in [1.54, 1.807) is 20.0 Å². The third-order valence-electron chi connectivity index (χ3n) is 9.73. The number of halogens is 3. The summed E-state index contributed by atoms with van der Waals surface area (Å²) >= 11 is 0. The first-order valence-electron chi connectivity index (χ1n) is 21.6. The summed E-state index contributed by atoms with van der Waals surface area (Å²) in [5.74, 6) is -4.40. The van der Waals surface area contributed by atoms with Crippen LogP contribution in [0.3, 0.4) is 0 Å². The number of carbonyl (C=O) groups is 3. The predicted molar refractivity (Wildman–Crippen MR) is 242 cm³/mol. The molecule has 0 spiro atoms. The van der Waals surface area contributed by atoms with E-state index in [1.807, 2.05) is 61.5 Å². The average molecular weight is 861 g/mol. The number of nitrogens with one attached hydrogen (secondary N) is 2. The lowest BCUT2D eigenvalue weighted by molar-refractivity contribution is -0.137. The highest BCUT2D eigenvalue weighted by Gasteiger charge is 2.30. The molecule has 3 atom stereocenters. The van der Waals surface area contributed by atoms with Crippen LogP contribution < -0.4 is 16.2 Å². The topological polar surface area (TPSA) is 130 Å². The van der Waals surface area contributed by atoms with Crippen molar-refractivity contribution in [1.82, 2.24) is 20.1 Å². The Morgan fingerprint density at radius 1 is 0.951 bits per heavy atom. The molecule has 1 saturated heterocycles. The van der Waals surface area contributed by atoms with E-state index in [1.165, 1.54) is 12.0 Å². The van der Waals surface area contributed by atoms with E-state index in [9.17, 15) is 32.3 Å². The molecule has 1 aliphatic rings. The highest BCUT2D eigenvalue weighted by Crippen LogP contribution is 2.34. The highest BCUT2D eigenvalue weighted by atomic mass is 19.3. The Kier molecular flexibility index (Phi) is 26.3. The van der Waals surface area contributed by atoms with E-state index in [0.717, 1.165) is 64.9 Å². The Morgan fingerprint density at radius 3 is 1.95 bits per heavy atom. The van der Waals surface area contributed by atoms with Crippen molar-refractivity contribution >= 4 is 18.2 Å². The van der Waals surface area contributed by atoms with Gasteiger partial charge in [0.1, 0.15) is 17.7 Å². The van der Waals surface area contributed by atoms with E-state index < -0.39 is 35.1 Å². The Hall–Kier alpha value is -4.33. The van der Waals surface area contributed by atoms with E-state index >= 15 is 0 Å². The molecule has 61 heavy (non-hydrogen) atoms. The van der Waals surface area contributed by atoms with E-state index in [-0.39, 0.29) is 43.1 Å². The van der Waals surface area contributed by atoms with E-state index in [0.29, 0.717) is 30.4 Å². The van der Waals surface area contributed by atoms with Crippen LogP contribution in [-0.2, 0) is 26.8 Å². The first kappa shape index (κ1) is 56.7. The van der Waals surface area contributed by atoms with Gasteiger partial charge >= 0.3 is 5.97 Å². The van der Waals surface area contributed by atoms with Gasteiger partial charge < -0.3 is 29.8 Å². The van der Waals surface area contributed by atoms with Crippen LogP contribution in [0.25, 0.3) is 11.1 Å². The molecule has 344 valence electrons. The zero-order valence-corrected chi connectivity index (χ0v) is 39.5. The number of benzene rings is 2. The first-order valence-corrected chi connectivity index (χ1v) is 21.6. The number of aryl methyl sites for hydroxylation is 4. The summed E-state index contributed by atoms with van der Waals surface area (Å²) in [7, 11) is 1.65. The van der Waals surface area contributed by atoms with Crippen LogP contribution >= 0.6 is 0 Å². The van der Waals surface area contributed by atoms with Gasteiger partial charge in [-0.05, 0) is 113 Å². The Labute approximate surface area is 363 Å². The molecule has 0 aliphatic carbocycles. The Morgan fingerprint density at radius 2 is 1.49 bits per heavy atom. The monoisotopic (exact) mass is 861 g/mol. The van der Waals surface area contributed by atoms with Gasteiger partial charge in [-0.15, -0.1) is 0 Å². The Balaban J connectivity index is 0.000000996. The lowest BCUT2D eigenvalue weighted by Gasteiger charge is -2.35. The second-order valence-electron chi connectivity index (χ2n) is 15.4. The van der Waals surface area contributed by atoms with Gasteiger partial charge in [-0.2, -0.15) is 0 Å². The summed E-state index contributed by atoms with van der Waals surface area (Å²) < 4.78 is 49.2. The molecule has 0 bridgehead atoms. The molecule has 0 unspecified atom stereocenters. The molecule has 2 aromatic carbocycles. The van der Waals surface area contributed by atoms with Crippen molar-refractivity contribution in [2.75, 3.05) is 33.2 Å². The number of carbonyl (C=O) groups excluding carboxylic acids is 2. The second kappa shape index (κ2) is 28.3. The van der Waals surface area contributed by atoms with E-state index in [2.05, 4.69) is 55.4 Å². The van der Waals surface area contributed by atoms with Gasteiger partial charge in [0.25, 0.3) is 17.4 Å². The number of ether oxygens (including phenoxy) is 1. The molecule has 1 aromatic heterocycles. The zero-order valence-electron chi connectivity index (χ0n) is 39.5. The van der Waals surface area contributed by atoms with Crippen molar-refractivity contribution in [2.24, 2.45) is 5.92 Å². The third kappa shape index (κ3) is 18.7. The van der Waals surface area contributed by atoms with Crippen LogP contribution in [0.4, 0.5) is 13.2 Å². The molecule has 2 heterocycles. The summed E-state index contributed by atoms with van der Waals surface area (Å²) in [6.45, 7) is 29.1. The van der Waals surface area contributed by atoms with Crippen LogP contribution in [0.15, 0.2) is 41.2 Å². The molecule has 10 nitrogen and oxygen atoms in total. The molecule has 13 heteroatoms.